The van der Waals surface area contributed by atoms with Crippen LogP contribution in [0.4, 0.5) is 0 Å². The molecule has 16 heavy (non-hydrogen) atoms. The molecule has 0 radical (unpaired) electrons. The molecule has 3 nitrogen and oxygen atoms in total. The molecule has 4 heteroatoms. The third-order valence-electron chi connectivity index (χ3n) is 3.74. The van der Waals surface area contributed by atoms with Crippen LogP contribution in [0.1, 0.15) is 32.6 Å². The average molecular weight is 240 g/mol. The molecule has 2 aliphatic rings. The quantitative estimate of drug-likeness (QED) is 0.692. The largest absolute Gasteiger partial charge is 0.380 e. The van der Waals surface area contributed by atoms with E-state index in [1.807, 2.05) is 6.92 Å². The Morgan fingerprint density at radius 2 is 1.94 bits per heavy atom. The van der Waals surface area contributed by atoms with Gasteiger partial charge in [-0.25, -0.2) is 4.21 Å². The lowest BCUT2D eigenvalue weighted by Crippen LogP contribution is -2.41. The molecule has 2 fully saturated rings. The maximum absolute atomic E-state index is 12.4. The highest BCUT2D eigenvalue weighted by Gasteiger charge is 2.50. The minimum Gasteiger partial charge on any atom is -0.380 e. The molecule has 90 valence electrons. The van der Waals surface area contributed by atoms with Crippen LogP contribution >= 0.6 is 0 Å². The van der Waals surface area contributed by atoms with Gasteiger partial charge >= 0.3 is 0 Å². The number of hydrogen-bond donors (Lipinski definition) is 2. The molecule has 0 aliphatic heterocycles. The van der Waals surface area contributed by atoms with Crippen molar-refractivity contribution in [1.29, 1.82) is 0 Å². The van der Waals surface area contributed by atoms with E-state index in [-0.39, 0.29) is 10.3 Å². The van der Waals surface area contributed by atoms with Gasteiger partial charge in [-0.05, 0) is 44.7 Å². The second-order valence-corrected chi connectivity index (χ2v) is 7.68. The highest BCUT2D eigenvalue weighted by molar-refractivity contribution is 8.00. The molecule has 0 bridgehead atoms. The van der Waals surface area contributed by atoms with Gasteiger partial charge in [-0.2, -0.15) is 0 Å². The monoisotopic (exact) mass is 240 g/mol. The maximum Gasteiger partial charge on any atom is 0.0770 e. The highest BCUT2D eigenvalue weighted by Crippen LogP contribution is 2.45. The van der Waals surface area contributed by atoms with Crippen molar-refractivity contribution >= 4 is 15.6 Å². The Labute approximate surface area is 98.1 Å². The smallest absolute Gasteiger partial charge is 0.0770 e. The van der Waals surface area contributed by atoms with Crippen molar-refractivity contribution in [3.8, 4) is 0 Å². The van der Waals surface area contributed by atoms with Crippen molar-refractivity contribution in [2.45, 2.75) is 42.9 Å². The van der Waals surface area contributed by atoms with E-state index in [9.17, 15) is 4.21 Å². The van der Waals surface area contributed by atoms with Crippen LogP contribution in [-0.2, 0) is 9.71 Å². The second kappa shape index (κ2) is 3.29. The first-order chi connectivity index (χ1) is 7.35. The van der Waals surface area contributed by atoms with E-state index in [0.717, 1.165) is 31.4 Å². The Balaban J connectivity index is 2.06. The van der Waals surface area contributed by atoms with Crippen LogP contribution < -0.4 is 10.0 Å². The van der Waals surface area contributed by atoms with Crippen molar-refractivity contribution in [3.05, 3.63) is 25.1 Å². The summed E-state index contributed by atoms with van der Waals surface area (Å²) in [4.78, 5) is 0. The Hall–Kier alpha value is -0.900. The predicted octanol–water partition coefficient (Wildman–Crippen LogP) is 1.54. The SMILES string of the molecule is C=CNC1(C(=C)NS(=C)(=O)C2(C)CC2)CC1. The lowest BCUT2D eigenvalue weighted by atomic mass is 10.2. The summed E-state index contributed by atoms with van der Waals surface area (Å²) in [5.74, 6) is 3.85. The number of nitrogens with one attached hydrogen (secondary N) is 2. The van der Waals surface area contributed by atoms with Gasteiger partial charge in [0.25, 0.3) is 0 Å². The van der Waals surface area contributed by atoms with E-state index in [1.54, 1.807) is 6.20 Å². The van der Waals surface area contributed by atoms with Gasteiger partial charge in [0.15, 0.2) is 0 Å². The average Bonchev–Trinajstić information content (AvgIpc) is 3.03. The van der Waals surface area contributed by atoms with Gasteiger partial charge in [0, 0.05) is 5.70 Å². The molecule has 1 unspecified atom stereocenters. The van der Waals surface area contributed by atoms with Crippen LogP contribution in [0.15, 0.2) is 25.1 Å². The summed E-state index contributed by atoms with van der Waals surface area (Å²) in [7, 11) is -2.27. The van der Waals surface area contributed by atoms with Crippen LogP contribution in [0.25, 0.3) is 0 Å². The standard InChI is InChI=1S/C12H20N2OS/c1-5-13-12(8-9-12)10(2)14-16(4,15)11(3)6-7-11/h5,13H,1-2,4,6-9H2,3H3,(H,14,15). The molecule has 2 rings (SSSR count). The Morgan fingerprint density at radius 3 is 2.31 bits per heavy atom. The molecule has 2 N–H and O–H groups in total. The Kier molecular flexibility index (Phi) is 2.38. The number of hydrogen-bond acceptors (Lipinski definition) is 2. The molecule has 0 aromatic carbocycles. The zero-order valence-corrected chi connectivity index (χ0v) is 10.7. The van der Waals surface area contributed by atoms with Crippen molar-refractivity contribution in [1.82, 2.24) is 10.0 Å². The van der Waals surface area contributed by atoms with E-state index in [2.05, 4.69) is 29.1 Å². The van der Waals surface area contributed by atoms with Crippen molar-refractivity contribution in [3.63, 3.8) is 0 Å². The first-order valence-electron chi connectivity index (χ1n) is 5.58. The summed E-state index contributed by atoms with van der Waals surface area (Å²) < 4.78 is 15.3. The molecule has 2 aliphatic carbocycles. The van der Waals surface area contributed by atoms with E-state index in [1.165, 1.54) is 0 Å². The zero-order valence-electron chi connectivity index (χ0n) is 9.84. The Bertz CT molecular complexity index is 428. The van der Waals surface area contributed by atoms with Crippen molar-refractivity contribution in [2.24, 2.45) is 0 Å². The van der Waals surface area contributed by atoms with Gasteiger partial charge in [0.1, 0.15) is 0 Å². The maximum atomic E-state index is 12.4. The third kappa shape index (κ3) is 1.75. The topological polar surface area (TPSA) is 41.1 Å². The molecule has 0 saturated heterocycles. The van der Waals surface area contributed by atoms with E-state index in [4.69, 9.17) is 0 Å². The van der Waals surface area contributed by atoms with Gasteiger partial charge in [-0.1, -0.05) is 13.2 Å². The minimum atomic E-state index is -2.27. The molecular formula is C12H20N2OS. The van der Waals surface area contributed by atoms with Gasteiger partial charge < -0.3 is 10.0 Å². The second-order valence-electron chi connectivity index (χ2n) is 5.14. The van der Waals surface area contributed by atoms with E-state index in [0.29, 0.717) is 0 Å². The van der Waals surface area contributed by atoms with Crippen molar-refractivity contribution < 1.29 is 4.21 Å². The zero-order chi connectivity index (χ0) is 12.0. The summed E-state index contributed by atoms with van der Waals surface area (Å²) >= 11 is 0. The molecule has 0 aromatic rings. The molecule has 0 amide bonds. The van der Waals surface area contributed by atoms with Crippen LogP contribution in [-0.4, -0.2) is 20.4 Å². The van der Waals surface area contributed by atoms with Crippen LogP contribution in [0.2, 0.25) is 0 Å². The van der Waals surface area contributed by atoms with Crippen LogP contribution in [0.5, 0.6) is 0 Å². The van der Waals surface area contributed by atoms with Crippen LogP contribution in [0.3, 0.4) is 0 Å². The van der Waals surface area contributed by atoms with E-state index < -0.39 is 9.71 Å². The van der Waals surface area contributed by atoms with Crippen LogP contribution in [0, 0.1) is 0 Å². The lowest BCUT2D eigenvalue weighted by molar-refractivity contribution is 0.628. The summed E-state index contributed by atoms with van der Waals surface area (Å²) in [5, 5.41) is 3.18. The molecule has 0 spiro atoms. The Morgan fingerprint density at radius 1 is 1.38 bits per heavy atom. The van der Waals surface area contributed by atoms with Gasteiger partial charge in [0.2, 0.25) is 0 Å². The molecule has 1 atom stereocenters. The first kappa shape index (κ1) is 11.6. The summed E-state index contributed by atoms with van der Waals surface area (Å²) in [5.41, 5.74) is 0.661. The van der Waals surface area contributed by atoms with Gasteiger partial charge in [0.05, 0.1) is 20.0 Å². The van der Waals surface area contributed by atoms with Crippen molar-refractivity contribution in [2.75, 3.05) is 0 Å². The minimum absolute atomic E-state index is 0.132. The summed E-state index contributed by atoms with van der Waals surface area (Å²) in [6.07, 6.45) is 5.66. The lowest BCUT2D eigenvalue weighted by Gasteiger charge is -2.25. The highest BCUT2D eigenvalue weighted by atomic mass is 32.2. The third-order valence-corrected chi connectivity index (χ3v) is 6.32. The van der Waals surface area contributed by atoms with Gasteiger partial charge in [-0.3, -0.25) is 0 Å². The van der Waals surface area contributed by atoms with E-state index >= 15 is 0 Å². The fourth-order valence-corrected chi connectivity index (χ4v) is 3.38. The number of rotatable bonds is 6. The summed E-state index contributed by atoms with van der Waals surface area (Å²) in [6, 6.07) is 0. The summed E-state index contributed by atoms with van der Waals surface area (Å²) in [6.45, 7) is 9.67. The predicted molar refractivity (Wildman–Crippen MR) is 70.5 cm³/mol. The molecule has 0 heterocycles. The molecule has 0 aromatic heterocycles. The molecule has 2 saturated carbocycles. The normalized spacial score (nSPS) is 27.3. The van der Waals surface area contributed by atoms with Gasteiger partial charge in [-0.15, -0.1) is 0 Å². The fraction of sp³-hybridized carbons (Fsp3) is 0.583. The molecular weight excluding hydrogens is 220 g/mol. The fourth-order valence-electron chi connectivity index (χ4n) is 1.78. The first-order valence-corrected chi connectivity index (χ1v) is 7.31.